The average Bonchev–Trinajstić information content (AvgIpc) is 2.75. The lowest BCUT2D eigenvalue weighted by molar-refractivity contribution is -0.147. The van der Waals surface area contributed by atoms with E-state index < -0.39 is 11.9 Å². The monoisotopic (exact) mass is 414 g/mol. The minimum absolute atomic E-state index is 0.128. The fraction of sp³-hybridized carbons (Fsp3) is 0.318. The highest BCUT2D eigenvalue weighted by atomic mass is 16.5. The first-order valence-corrected chi connectivity index (χ1v) is 9.32. The van der Waals surface area contributed by atoms with Crippen molar-refractivity contribution in [1.29, 1.82) is 0 Å². The van der Waals surface area contributed by atoms with Gasteiger partial charge in [-0.15, -0.1) is 0 Å². The van der Waals surface area contributed by atoms with Gasteiger partial charge in [-0.2, -0.15) is 0 Å². The topological polar surface area (TPSA) is 94.2 Å². The highest BCUT2D eigenvalue weighted by molar-refractivity contribution is 5.96. The summed E-state index contributed by atoms with van der Waals surface area (Å²) in [7, 11) is 6.43. The lowest BCUT2D eigenvalue weighted by atomic mass is 10.1. The van der Waals surface area contributed by atoms with E-state index >= 15 is 0 Å². The summed E-state index contributed by atoms with van der Waals surface area (Å²) in [6.45, 7) is -0.386. The molecule has 2 aromatic rings. The van der Waals surface area contributed by atoms with Crippen molar-refractivity contribution in [2.45, 2.75) is 12.8 Å². The van der Waals surface area contributed by atoms with Crippen LogP contribution in [-0.2, 0) is 20.7 Å². The van der Waals surface area contributed by atoms with E-state index in [9.17, 15) is 14.4 Å². The Morgan fingerprint density at radius 1 is 0.933 bits per heavy atom. The quantitative estimate of drug-likeness (QED) is 0.634. The number of nitrogens with zero attached hydrogens (tertiary/aromatic N) is 1. The van der Waals surface area contributed by atoms with Crippen molar-refractivity contribution in [1.82, 2.24) is 4.90 Å². The molecule has 30 heavy (non-hydrogen) atoms. The molecule has 2 amide bonds. The van der Waals surface area contributed by atoms with E-state index in [1.54, 1.807) is 64.7 Å². The summed E-state index contributed by atoms with van der Waals surface area (Å²) >= 11 is 0. The highest BCUT2D eigenvalue weighted by Gasteiger charge is 2.11. The number of ether oxygens (including phenoxy) is 3. The first-order chi connectivity index (χ1) is 14.3. The summed E-state index contributed by atoms with van der Waals surface area (Å²) in [5, 5.41) is 2.62. The zero-order chi connectivity index (χ0) is 22.1. The maximum absolute atomic E-state index is 12.0. The van der Waals surface area contributed by atoms with Crippen molar-refractivity contribution in [3.8, 4) is 11.5 Å². The Morgan fingerprint density at radius 2 is 1.60 bits per heavy atom. The van der Waals surface area contributed by atoms with Gasteiger partial charge in [-0.1, -0.05) is 6.07 Å². The number of aryl methyl sites for hydroxylation is 1. The van der Waals surface area contributed by atoms with Gasteiger partial charge in [0.1, 0.15) is 0 Å². The van der Waals surface area contributed by atoms with Crippen LogP contribution in [-0.4, -0.2) is 57.6 Å². The largest absolute Gasteiger partial charge is 0.493 e. The van der Waals surface area contributed by atoms with Gasteiger partial charge in [-0.05, 0) is 48.4 Å². The van der Waals surface area contributed by atoms with Crippen LogP contribution in [0.1, 0.15) is 22.3 Å². The first kappa shape index (κ1) is 22.7. The Balaban J connectivity index is 1.78. The van der Waals surface area contributed by atoms with E-state index in [1.165, 1.54) is 4.90 Å². The standard InChI is InChI=1S/C22H26N2O6/c1-24(2)22(27)16-7-9-17(10-8-16)23-20(25)14-30-21(26)12-6-15-5-11-18(28-3)19(13-15)29-4/h5,7-11,13H,6,12,14H2,1-4H3,(H,23,25). The molecule has 0 spiro atoms. The Hall–Kier alpha value is -3.55. The van der Waals surface area contributed by atoms with Crippen molar-refractivity contribution in [2.24, 2.45) is 0 Å². The maximum Gasteiger partial charge on any atom is 0.306 e. The van der Waals surface area contributed by atoms with Crippen molar-refractivity contribution < 1.29 is 28.6 Å². The van der Waals surface area contributed by atoms with E-state index in [0.29, 0.717) is 29.2 Å². The predicted molar refractivity (Wildman–Crippen MR) is 112 cm³/mol. The second kappa shape index (κ2) is 10.8. The van der Waals surface area contributed by atoms with Gasteiger partial charge in [0.15, 0.2) is 18.1 Å². The minimum atomic E-state index is -0.480. The fourth-order valence-corrected chi connectivity index (χ4v) is 2.65. The molecule has 2 aromatic carbocycles. The van der Waals surface area contributed by atoms with Gasteiger partial charge < -0.3 is 24.4 Å². The molecule has 0 unspecified atom stereocenters. The number of carbonyl (C=O) groups is 3. The summed E-state index contributed by atoms with van der Waals surface area (Å²) in [6, 6.07) is 11.9. The van der Waals surface area contributed by atoms with Crippen molar-refractivity contribution in [3.63, 3.8) is 0 Å². The molecule has 0 heterocycles. The minimum Gasteiger partial charge on any atom is -0.493 e. The third kappa shape index (κ3) is 6.51. The number of anilines is 1. The molecule has 8 heteroatoms. The van der Waals surface area contributed by atoms with E-state index in [1.807, 2.05) is 6.07 Å². The average molecular weight is 414 g/mol. The van der Waals surface area contributed by atoms with Crippen LogP contribution < -0.4 is 14.8 Å². The van der Waals surface area contributed by atoms with Crippen LogP contribution in [0.15, 0.2) is 42.5 Å². The lowest BCUT2D eigenvalue weighted by Crippen LogP contribution is -2.22. The van der Waals surface area contributed by atoms with Crippen LogP contribution in [0.2, 0.25) is 0 Å². The molecule has 2 rings (SSSR count). The van der Waals surface area contributed by atoms with Gasteiger partial charge in [-0.25, -0.2) is 0 Å². The zero-order valence-corrected chi connectivity index (χ0v) is 17.6. The normalized spacial score (nSPS) is 10.1. The number of carbonyl (C=O) groups excluding carboxylic acids is 3. The predicted octanol–water partition coefficient (Wildman–Crippen LogP) is 2.52. The Labute approximate surface area is 175 Å². The molecule has 0 fully saturated rings. The van der Waals surface area contributed by atoms with Crippen molar-refractivity contribution in [3.05, 3.63) is 53.6 Å². The maximum atomic E-state index is 12.0. The number of hydrogen-bond acceptors (Lipinski definition) is 6. The molecular formula is C22H26N2O6. The number of esters is 1. The Morgan fingerprint density at radius 3 is 2.20 bits per heavy atom. The number of benzene rings is 2. The SMILES string of the molecule is COc1ccc(CCC(=O)OCC(=O)Nc2ccc(C(=O)N(C)C)cc2)cc1OC. The van der Waals surface area contributed by atoms with Crippen molar-refractivity contribution >= 4 is 23.5 Å². The molecule has 160 valence electrons. The van der Waals surface area contributed by atoms with Gasteiger partial charge in [-0.3, -0.25) is 14.4 Å². The number of hydrogen-bond donors (Lipinski definition) is 1. The van der Waals surface area contributed by atoms with Crippen LogP contribution in [0.5, 0.6) is 11.5 Å². The molecule has 0 saturated heterocycles. The van der Waals surface area contributed by atoms with Crippen LogP contribution in [0.3, 0.4) is 0 Å². The van der Waals surface area contributed by atoms with Crippen LogP contribution in [0.4, 0.5) is 5.69 Å². The molecule has 0 aromatic heterocycles. The van der Waals surface area contributed by atoms with E-state index in [-0.39, 0.29) is 18.9 Å². The van der Waals surface area contributed by atoms with E-state index in [4.69, 9.17) is 14.2 Å². The van der Waals surface area contributed by atoms with Gasteiger partial charge >= 0.3 is 5.97 Å². The number of nitrogens with one attached hydrogen (secondary N) is 1. The van der Waals surface area contributed by atoms with Crippen LogP contribution >= 0.6 is 0 Å². The molecule has 0 aliphatic carbocycles. The summed E-state index contributed by atoms with van der Waals surface area (Å²) < 4.78 is 15.4. The summed E-state index contributed by atoms with van der Waals surface area (Å²) in [4.78, 5) is 37.2. The van der Waals surface area contributed by atoms with Gasteiger partial charge in [0, 0.05) is 31.8 Å². The van der Waals surface area contributed by atoms with Crippen molar-refractivity contribution in [2.75, 3.05) is 40.2 Å². The third-order valence-corrected chi connectivity index (χ3v) is 4.25. The molecule has 1 N–H and O–H groups in total. The van der Waals surface area contributed by atoms with E-state index in [2.05, 4.69) is 5.32 Å². The molecule has 0 aliphatic heterocycles. The Bertz CT molecular complexity index is 893. The zero-order valence-electron chi connectivity index (χ0n) is 17.6. The third-order valence-electron chi connectivity index (χ3n) is 4.25. The number of amides is 2. The smallest absolute Gasteiger partial charge is 0.306 e. The Kier molecular flexibility index (Phi) is 8.22. The molecular weight excluding hydrogens is 388 g/mol. The highest BCUT2D eigenvalue weighted by Crippen LogP contribution is 2.28. The van der Waals surface area contributed by atoms with Gasteiger partial charge in [0.05, 0.1) is 14.2 Å². The summed E-state index contributed by atoms with van der Waals surface area (Å²) in [5.41, 5.74) is 1.91. The second-order valence-corrected chi connectivity index (χ2v) is 6.68. The summed E-state index contributed by atoms with van der Waals surface area (Å²) in [5.74, 6) is 0.130. The summed E-state index contributed by atoms with van der Waals surface area (Å²) in [6.07, 6.45) is 0.576. The molecule has 0 bridgehead atoms. The first-order valence-electron chi connectivity index (χ1n) is 9.32. The molecule has 0 radical (unpaired) electrons. The molecule has 0 aliphatic rings. The lowest BCUT2D eigenvalue weighted by Gasteiger charge is -2.11. The number of methoxy groups -OCH3 is 2. The van der Waals surface area contributed by atoms with Gasteiger partial charge in [0.25, 0.3) is 11.8 Å². The van der Waals surface area contributed by atoms with Crippen LogP contribution in [0.25, 0.3) is 0 Å². The fourth-order valence-electron chi connectivity index (χ4n) is 2.65. The molecule has 0 saturated carbocycles. The molecule has 0 atom stereocenters. The molecule has 8 nitrogen and oxygen atoms in total. The number of rotatable bonds is 9. The van der Waals surface area contributed by atoms with E-state index in [0.717, 1.165) is 5.56 Å². The van der Waals surface area contributed by atoms with Crippen LogP contribution in [0, 0.1) is 0 Å². The van der Waals surface area contributed by atoms with Gasteiger partial charge in [0.2, 0.25) is 0 Å². The second-order valence-electron chi connectivity index (χ2n) is 6.68.